The summed E-state index contributed by atoms with van der Waals surface area (Å²) in [4.78, 5) is 6.70. The van der Waals surface area contributed by atoms with E-state index < -0.39 is 0 Å². The number of piperidine rings is 1. The summed E-state index contributed by atoms with van der Waals surface area (Å²) in [5.74, 6) is 0. The van der Waals surface area contributed by atoms with E-state index in [4.69, 9.17) is 0 Å². The number of likely N-dealkylation sites (tertiary alicyclic amines) is 1. The molecule has 0 spiro atoms. The molecule has 0 radical (unpaired) electrons. The van der Waals surface area contributed by atoms with Crippen LogP contribution in [0.5, 0.6) is 0 Å². The van der Waals surface area contributed by atoms with Gasteiger partial charge in [-0.25, -0.2) is 4.52 Å². The molecule has 0 bridgehead atoms. The number of hydrogen-bond acceptors (Lipinski definition) is 4. The van der Waals surface area contributed by atoms with Crippen LogP contribution in [0, 0.1) is 0 Å². The fraction of sp³-hybridized carbons (Fsp3) is 0.571. The van der Waals surface area contributed by atoms with E-state index in [9.17, 15) is 0 Å². The van der Waals surface area contributed by atoms with Gasteiger partial charge >= 0.3 is 0 Å². The van der Waals surface area contributed by atoms with Crippen LogP contribution in [0.2, 0.25) is 0 Å². The van der Waals surface area contributed by atoms with Crippen molar-refractivity contribution in [3.63, 3.8) is 0 Å². The predicted molar refractivity (Wildman–Crippen MR) is 75.0 cm³/mol. The summed E-state index contributed by atoms with van der Waals surface area (Å²) in [5.41, 5.74) is 2.31. The van der Waals surface area contributed by atoms with Gasteiger partial charge in [-0.3, -0.25) is 4.98 Å². The second kappa shape index (κ2) is 6.12. The van der Waals surface area contributed by atoms with Gasteiger partial charge in [-0.05, 0) is 25.9 Å². The molecular formula is C14H21N5. The lowest BCUT2D eigenvalue weighted by Crippen LogP contribution is -2.35. The first-order valence-corrected chi connectivity index (χ1v) is 7.13. The standard InChI is InChI=1S/C14H21N5/c1-2-6-18(7-3-1)8-4-15-10-13-11-17-19-9-5-16-12-14(13)19/h5,9,11-12,15H,1-4,6-8,10H2. The van der Waals surface area contributed by atoms with Gasteiger partial charge in [0.25, 0.3) is 0 Å². The quantitative estimate of drug-likeness (QED) is 0.822. The minimum absolute atomic E-state index is 0.864. The first-order chi connectivity index (χ1) is 9.43. The van der Waals surface area contributed by atoms with E-state index in [-0.39, 0.29) is 0 Å². The summed E-state index contributed by atoms with van der Waals surface area (Å²) in [6.07, 6.45) is 11.6. The molecule has 102 valence electrons. The predicted octanol–water partition coefficient (Wildman–Crippen LogP) is 1.30. The highest BCUT2D eigenvalue weighted by Gasteiger charge is 2.09. The Bertz CT molecular complexity index is 515. The van der Waals surface area contributed by atoms with E-state index >= 15 is 0 Å². The molecule has 0 aliphatic carbocycles. The fourth-order valence-corrected chi connectivity index (χ4v) is 2.66. The van der Waals surface area contributed by atoms with Crippen molar-refractivity contribution in [1.82, 2.24) is 24.8 Å². The smallest absolute Gasteiger partial charge is 0.0889 e. The minimum Gasteiger partial charge on any atom is -0.311 e. The van der Waals surface area contributed by atoms with Crippen molar-refractivity contribution in [3.8, 4) is 0 Å². The molecule has 0 saturated carbocycles. The Balaban J connectivity index is 1.47. The number of nitrogens with one attached hydrogen (secondary N) is 1. The van der Waals surface area contributed by atoms with Crippen LogP contribution in [-0.2, 0) is 6.54 Å². The molecule has 0 amide bonds. The van der Waals surface area contributed by atoms with Gasteiger partial charge in [0.1, 0.15) is 0 Å². The first kappa shape index (κ1) is 12.6. The van der Waals surface area contributed by atoms with Crippen molar-refractivity contribution in [1.29, 1.82) is 0 Å². The normalized spacial score (nSPS) is 17.1. The third-order valence-electron chi connectivity index (χ3n) is 3.77. The molecule has 0 atom stereocenters. The van der Waals surface area contributed by atoms with Crippen molar-refractivity contribution in [2.24, 2.45) is 0 Å². The van der Waals surface area contributed by atoms with Gasteiger partial charge in [-0.15, -0.1) is 0 Å². The Hall–Kier alpha value is -1.46. The van der Waals surface area contributed by atoms with Crippen LogP contribution in [0.15, 0.2) is 24.8 Å². The average molecular weight is 259 g/mol. The molecule has 0 unspecified atom stereocenters. The molecule has 1 aliphatic heterocycles. The molecule has 1 aliphatic rings. The van der Waals surface area contributed by atoms with Crippen molar-refractivity contribution in [2.45, 2.75) is 25.8 Å². The topological polar surface area (TPSA) is 45.5 Å². The zero-order valence-electron chi connectivity index (χ0n) is 11.3. The van der Waals surface area contributed by atoms with Gasteiger partial charge < -0.3 is 10.2 Å². The van der Waals surface area contributed by atoms with Crippen molar-refractivity contribution >= 4 is 5.52 Å². The molecule has 3 rings (SSSR count). The molecule has 1 saturated heterocycles. The maximum Gasteiger partial charge on any atom is 0.0889 e. The number of fused-ring (bicyclic) bond motifs is 1. The maximum absolute atomic E-state index is 4.31. The van der Waals surface area contributed by atoms with E-state index in [0.29, 0.717) is 0 Å². The van der Waals surface area contributed by atoms with E-state index in [1.165, 1.54) is 37.9 Å². The first-order valence-electron chi connectivity index (χ1n) is 7.13. The molecule has 1 fully saturated rings. The lowest BCUT2D eigenvalue weighted by Gasteiger charge is -2.26. The van der Waals surface area contributed by atoms with Crippen LogP contribution < -0.4 is 5.32 Å². The molecule has 2 aromatic heterocycles. The molecule has 5 nitrogen and oxygen atoms in total. The van der Waals surface area contributed by atoms with Crippen molar-refractivity contribution < 1.29 is 0 Å². The molecule has 19 heavy (non-hydrogen) atoms. The largest absolute Gasteiger partial charge is 0.311 e. The minimum atomic E-state index is 0.864. The fourth-order valence-electron chi connectivity index (χ4n) is 2.66. The Morgan fingerprint density at radius 1 is 1.16 bits per heavy atom. The van der Waals surface area contributed by atoms with Gasteiger partial charge in [0.15, 0.2) is 0 Å². The molecule has 0 aromatic carbocycles. The Morgan fingerprint density at radius 3 is 2.95 bits per heavy atom. The monoisotopic (exact) mass is 259 g/mol. The highest BCUT2D eigenvalue weighted by Crippen LogP contribution is 2.09. The highest BCUT2D eigenvalue weighted by atomic mass is 15.2. The summed E-state index contributed by atoms with van der Waals surface area (Å²) in [6, 6.07) is 0. The second-order valence-corrected chi connectivity index (χ2v) is 5.16. The maximum atomic E-state index is 4.31. The van der Waals surface area contributed by atoms with Gasteiger partial charge in [0.05, 0.1) is 17.9 Å². The lowest BCUT2D eigenvalue weighted by molar-refractivity contribution is 0.229. The zero-order valence-corrected chi connectivity index (χ0v) is 11.3. The van der Waals surface area contributed by atoms with Gasteiger partial charge in [-0.2, -0.15) is 5.10 Å². The van der Waals surface area contributed by atoms with Gasteiger partial charge in [-0.1, -0.05) is 6.42 Å². The number of aromatic nitrogens is 3. The number of rotatable bonds is 5. The van der Waals surface area contributed by atoms with E-state index in [1.54, 1.807) is 6.20 Å². The molecule has 3 heterocycles. The van der Waals surface area contributed by atoms with Crippen LogP contribution in [0.1, 0.15) is 24.8 Å². The summed E-state index contributed by atoms with van der Waals surface area (Å²) >= 11 is 0. The van der Waals surface area contributed by atoms with Crippen LogP contribution in [-0.4, -0.2) is 45.7 Å². The number of hydrogen-bond donors (Lipinski definition) is 1. The van der Waals surface area contributed by atoms with Gasteiger partial charge in [0, 0.05) is 37.6 Å². The average Bonchev–Trinajstić information content (AvgIpc) is 2.88. The van der Waals surface area contributed by atoms with E-state index in [2.05, 4.69) is 20.3 Å². The number of nitrogens with zero attached hydrogens (tertiary/aromatic N) is 4. The lowest BCUT2D eigenvalue weighted by atomic mass is 10.1. The molecular weight excluding hydrogens is 238 g/mol. The molecule has 1 N–H and O–H groups in total. The van der Waals surface area contributed by atoms with E-state index in [1.807, 2.05) is 23.1 Å². The summed E-state index contributed by atoms with van der Waals surface area (Å²) in [7, 11) is 0. The Kier molecular flexibility index (Phi) is 4.05. The second-order valence-electron chi connectivity index (χ2n) is 5.16. The third-order valence-corrected chi connectivity index (χ3v) is 3.77. The van der Waals surface area contributed by atoms with Crippen LogP contribution in [0.25, 0.3) is 5.52 Å². The zero-order chi connectivity index (χ0) is 12.9. The van der Waals surface area contributed by atoms with E-state index in [0.717, 1.165) is 25.2 Å². The van der Waals surface area contributed by atoms with Crippen molar-refractivity contribution in [2.75, 3.05) is 26.2 Å². The third kappa shape index (κ3) is 3.11. The summed E-state index contributed by atoms with van der Waals surface area (Å²) in [6.45, 7) is 5.59. The Morgan fingerprint density at radius 2 is 2.05 bits per heavy atom. The van der Waals surface area contributed by atoms with Gasteiger partial charge in [0.2, 0.25) is 0 Å². The summed E-state index contributed by atoms with van der Waals surface area (Å²) < 4.78 is 1.87. The van der Waals surface area contributed by atoms with Crippen LogP contribution in [0.4, 0.5) is 0 Å². The molecule has 5 heteroatoms. The van der Waals surface area contributed by atoms with Crippen LogP contribution >= 0.6 is 0 Å². The Labute approximate surface area is 113 Å². The van der Waals surface area contributed by atoms with Crippen LogP contribution in [0.3, 0.4) is 0 Å². The molecule has 2 aromatic rings. The summed E-state index contributed by atoms with van der Waals surface area (Å²) in [5, 5.41) is 7.82. The van der Waals surface area contributed by atoms with Crippen molar-refractivity contribution in [3.05, 3.63) is 30.4 Å². The highest BCUT2D eigenvalue weighted by molar-refractivity contribution is 5.51. The SMILES string of the molecule is c1cn2ncc(CNCCN3CCCCC3)c2cn1.